The van der Waals surface area contributed by atoms with Crippen molar-refractivity contribution in [3.63, 3.8) is 0 Å². The van der Waals surface area contributed by atoms with Gasteiger partial charge in [0, 0.05) is 47.3 Å². The molecule has 4 aromatic rings. The van der Waals surface area contributed by atoms with Crippen molar-refractivity contribution in [2.24, 2.45) is 5.73 Å². The molecule has 2 aromatic heterocycles. The number of aromatic nitrogens is 2. The van der Waals surface area contributed by atoms with Gasteiger partial charge in [-0.25, -0.2) is 4.98 Å². The van der Waals surface area contributed by atoms with E-state index in [4.69, 9.17) is 5.73 Å². The van der Waals surface area contributed by atoms with Gasteiger partial charge in [-0.1, -0.05) is 30.3 Å². The molecule has 0 saturated heterocycles. The molecule has 2 aromatic carbocycles. The Morgan fingerprint density at radius 1 is 0.941 bits per heavy atom. The highest BCUT2D eigenvalue weighted by molar-refractivity contribution is 7.13. The summed E-state index contributed by atoms with van der Waals surface area (Å²) in [5.41, 5.74) is 9.88. The van der Waals surface area contributed by atoms with Crippen LogP contribution in [0.4, 0.5) is 16.5 Å². The second-order valence-electron chi connectivity index (χ2n) is 7.53. The summed E-state index contributed by atoms with van der Waals surface area (Å²) in [6, 6.07) is 19.8. The molecule has 34 heavy (non-hydrogen) atoms. The number of benzene rings is 2. The fourth-order valence-electron chi connectivity index (χ4n) is 3.18. The normalized spacial score (nSPS) is 11.4. The minimum Gasteiger partial charge on any atom is -0.354 e. The summed E-state index contributed by atoms with van der Waals surface area (Å²) in [6.45, 7) is 0.278. The van der Waals surface area contributed by atoms with Crippen LogP contribution in [0.2, 0.25) is 0 Å². The van der Waals surface area contributed by atoms with E-state index in [1.807, 2.05) is 35.7 Å². The van der Waals surface area contributed by atoms with Crippen LogP contribution in [0.1, 0.15) is 27.7 Å². The largest absolute Gasteiger partial charge is 0.354 e. The number of carbonyl (C=O) groups excluding carboxylic acids is 2. The number of amides is 2. The Labute approximate surface area is 201 Å². The van der Waals surface area contributed by atoms with Gasteiger partial charge in [0.2, 0.25) is 5.91 Å². The first-order chi connectivity index (χ1) is 16.6. The van der Waals surface area contributed by atoms with Crippen molar-refractivity contribution < 1.29 is 9.59 Å². The zero-order chi connectivity index (χ0) is 23.8. The maximum Gasteiger partial charge on any atom is 0.255 e. The second-order valence-corrected chi connectivity index (χ2v) is 8.39. The number of anilines is 3. The SMILES string of the molecule is NC(CNC(=O)Cc1csc(Nc2ccccc2)n1)c1ccc(C(=O)Nc2ccncc2)cc1. The average molecular weight is 473 g/mol. The van der Waals surface area contributed by atoms with Crippen LogP contribution in [0.25, 0.3) is 0 Å². The van der Waals surface area contributed by atoms with E-state index in [9.17, 15) is 9.59 Å². The van der Waals surface area contributed by atoms with Crippen molar-refractivity contribution in [1.82, 2.24) is 15.3 Å². The zero-order valence-electron chi connectivity index (χ0n) is 18.3. The number of thiazole rings is 1. The minimum atomic E-state index is -0.396. The standard InChI is InChI=1S/C25H24N6O2S/c26-22(17-6-8-18(9-7-17)24(33)29-20-10-12-27-13-11-20)15-28-23(32)14-21-16-34-25(31-21)30-19-4-2-1-3-5-19/h1-13,16,22H,14-15,26H2,(H,28,32)(H,30,31)(H,27,29,33). The highest BCUT2D eigenvalue weighted by Gasteiger charge is 2.12. The second kappa shape index (κ2) is 11.2. The van der Waals surface area contributed by atoms with E-state index in [1.54, 1.807) is 48.8 Å². The van der Waals surface area contributed by atoms with Gasteiger partial charge >= 0.3 is 0 Å². The summed E-state index contributed by atoms with van der Waals surface area (Å²) in [5.74, 6) is -0.371. The maximum absolute atomic E-state index is 12.4. The number of pyridine rings is 1. The lowest BCUT2D eigenvalue weighted by molar-refractivity contribution is -0.120. The van der Waals surface area contributed by atoms with Crippen LogP contribution in [0.5, 0.6) is 0 Å². The predicted octanol–water partition coefficient (Wildman–Crippen LogP) is 3.89. The highest BCUT2D eigenvalue weighted by Crippen LogP contribution is 2.21. The van der Waals surface area contributed by atoms with E-state index in [1.165, 1.54) is 11.3 Å². The summed E-state index contributed by atoms with van der Waals surface area (Å²) >= 11 is 1.45. The lowest BCUT2D eigenvalue weighted by atomic mass is 10.0. The van der Waals surface area contributed by atoms with Crippen molar-refractivity contribution in [2.45, 2.75) is 12.5 Å². The van der Waals surface area contributed by atoms with Gasteiger partial charge in [0.15, 0.2) is 5.13 Å². The Morgan fingerprint density at radius 3 is 2.41 bits per heavy atom. The van der Waals surface area contributed by atoms with E-state index in [0.717, 1.165) is 16.4 Å². The summed E-state index contributed by atoms with van der Waals surface area (Å²) < 4.78 is 0. The molecule has 5 N–H and O–H groups in total. The molecule has 9 heteroatoms. The molecule has 1 atom stereocenters. The van der Waals surface area contributed by atoms with E-state index in [-0.39, 0.29) is 24.8 Å². The number of hydrogen-bond acceptors (Lipinski definition) is 7. The summed E-state index contributed by atoms with van der Waals surface area (Å²) in [5, 5.41) is 11.5. The number of rotatable bonds is 9. The first kappa shape index (κ1) is 23.1. The van der Waals surface area contributed by atoms with E-state index >= 15 is 0 Å². The fourth-order valence-corrected chi connectivity index (χ4v) is 3.91. The predicted molar refractivity (Wildman–Crippen MR) is 134 cm³/mol. The molecule has 172 valence electrons. The molecule has 0 bridgehead atoms. The zero-order valence-corrected chi connectivity index (χ0v) is 19.1. The van der Waals surface area contributed by atoms with Crippen LogP contribution >= 0.6 is 11.3 Å². The number of nitrogens with zero attached hydrogens (tertiary/aromatic N) is 2. The van der Waals surface area contributed by atoms with Crippen LogP contribution < -0.4 is 21.7 Å². The van der Waals surface area contributed by atoms with Crippen molar-refractivity contribution in [3.8, 4) is 0 Å². The Morgan fingerprint density at radius 2 is 1.68 bits per heavy atom. The molecule has 0 saturated carbocycles. The lowest BCUT2D eigenvalue weighted by Gasteiger charge is -2.14. The molecule has 0 spiro atoms. The van der Waals surface area contributed by atoms with E-state index < -0.39 is 6.04 Å². The van der Waals surface area contributed by atoms with Gasteiger partial charge in [0.25, 0.3) is 5.91 Å². The third-order valence-electron chi connectivity index (χ3n) is 4.98. The van der Waals surface area contributed by atoms with Gasteiger partial charge in [0.1, 0.15) is 0 Å². The number of nitrogens with one attached hydrogen (secondary N) is 3. The van der Waals surface area contributed by atoms with Crippen LogP contribution in [0, 0.1) is 0 Å². The fraction of sp³-hybridized carbons (Fsp3) is 0.120. The Kier molecular flexibility index (Phi) is 7.59. The Bertz CT molecular complexity index is 1230. The molecule has 2 amide bonds. The van der Waals surface area contributed by atoms with Crippen molar-refractivity contribution in [3.05, 3.63) is 101 Å². The number of para-hydroxylation sites is 1. The molecule has 0 aliphatic rings. The molecule has 4 rings (SSSR count). The third kappa shape index (κ3) is 6.47. The molecule has 8 nitrogen and oxygen atoms in total. The van der Waals surface area contributed by atoms with Gasteiger partial charge in [-0.15, -0.1) is 11.3 Å². The monoisotopic (exact) mass is 472 g/mol. The van der Waals surface area contributed by atoms with Gasteiger partial charge in [-0.05, 0) is 42.0 Å². The van der Waals surface area contributed by atoms with Gasteiger partial charge in [-0.2, -0.15) is 0 Å². The van der Waals surface area contributed by atoms with Gasteiger partial charge < -0.3 is 21.7 Å². The first-order valence-corrected chi connectivity index (χ1v) is 11.5. The van der Waals surface area contributed by atoms with E-state index in [0.29, 0.717) is 16.9 Å². The van der Waals surface area contributed by atoms with Crippen LogP contribution in [-0.4, -0.2) is 28.3 Å². The molecule has 2 heterocycles. The summed E-state index contributed by atoms with van der Waals surface area (Å²) in [6.07, 6.45) is 3.40. The van der Waals surface area contributed by atoms with Gasteiger partial charge in [0.05, 0.1) is 12.1 Å². The maximum atomic E-state index is 12.4. The topological polar surface area (TPSA) is 122 Å². The third-order valence-corrected chi connectivity index (χ3v) is 5.78. The van der Waals surface area contributed by atoms with Crippen molar-refractivity contribution in [2.75, 3.05) is 17.2 Å². The van der Waals surface area contributed by atoms with Gasteiger partial charge in [-0.3, -0.25) is 14.6 Å². The van der Waals surface area contributed by atoms with Crippen LogP contribution in [0.15, 0.2) is 84.5 Å². The van der Waals surface area contributed by atoms with E-state index in [2.05, 4.69) is 25.9 Å². The molecular formula is C25H24N6O2S. The minimum absolute atomic E-state index is 0.152. The number of hydrogen-bond donors (Lipinski definition) is 4. The van der Waals surface area contributed by atoms with Crippen molar-refractivity contribution in [1.29, 1.82) is 0 Å². The molecule has 0 aliphatic heterocycles. The molecule has 0 fully saturated rings. The quantitative estimate of drug-likeness (QED) is 0.293. The summed E-state index contributed by atoms with van der Waals surface area (Å²) in [7, 11) is 0. The molecule has 1 unspecified atom stereocenters. The van der Waals surface area contributed by atoms with Crippen molar-refractivity contribution >= 4 is 39.7 Å². The summed E-state index contributed by atoms with van der Waals surface area (Å²) in [4.78, 5) is 33.1. The highest BCUT2D eigenvalue weighted by atomic mass is 32.1. The Balaban J connectivity index is 1.24. The van der Waals surface area contributed by atoms with Crippen LogP contribution in [-0.2, 0) is 11.2 Å². The first-order valence-electron chi connectivity index (χ1n) is 10.7. The van der Waals surface area contributed by atoms with Crippen LogP contribution in [0.3, 0.4) is 0 Å². The lowest BCUT2D eigenvalue weighted by Crippen LogP contribution is -2.33. The molecule has 0 aliphatic carbocycles. The molecule has 0 radical (unpaired) electrons. The molecular weight excluding hydrogens is 448 g/mol. The number of carbonyl (C=O) groups is 2. The smallest absolute Gasteiger partial charge is 0.255 e. The Hall–Kier alpha value is -4.08. The number of nitrogens with two attached hydrogens (primary N) is 1. The average Bonchev–Trinajstić information content (AvgIpc) is 3.30.